The number of esters is 1. The van der Waals surface area contributed by atoms with Gasteiger partial charge in [0.15, 0.2) is 0 Å². The van der Waals surface area contributed by atoms with Crippen LogP contribution in [0, 0.1) is 22.7 Å². The Morgan fingerprint density at radius 3 is 2.50 bits per heavy atom. The Hall–Kier alpha value is -0.570. The number of aliphatic hydroxyl groups excluding tert-OH is 1. The van der Waals surface area contributed by atoms with Gasteiger partial charge in [-0.25, -0.2) is 0 Å². The summed E-state index contributed by atoms with van der Waals surface area (Å²) in [5.41, 5.74) is 0.159. The maximum atomic E-state index is 12.1. The summed E-state index contributed by atoms with van der Waals surface area (Å²) in [6, 6.07) is 0. The van der Waals surface area contributed by atoms with Crippen molar-refractivity contribution in [1.82, 2.24) is 0 Å². The van der Waals surface area contributed by atoms with Crippen LogP contribution in [-0.4, -0.2) is 24.3 Å². The molecule has 0 saturated heterocycles. The van der Waals surface area contributed by atoms with E-state index in [1.165, 1.54) is 13.5 Å². The van der Waals surface area contributed by atoms with E-state index in [1.807, 2.05) is 0 Å². The summed E-state index contributed by atoms with van der Waals surface area (Å²) in [7, 11) is 1.43. The van der Waals surface area contributed by atoms with E-state index in [4.69, 9.17) is 4.74 Å². The van der Waals surface area contributed by atoms with E-state index in [0.29, 0.717) is 5.92 Å². The maximum absolute atomic E-state index is 12.1. The van der Waals surface area contributed by atoms with Crippen molar-refractivity contribution in [3.63, 3.8) is 0 Å². The second kappa shape index (κ2) is 4.52. The van der Waals surface area contributed by atoms with Crippen LogP contribution in [0.1, 0.15) is 52.9 Å². The molecule has 0 aromatic carbocycles. The number of carbonyl (C=O) groups is 1. The van der Waals surface area contributed by atoms with Gasteiger partial charge in [-0.15, -0.1) is 0 Å². The highest BCUT2D eigenvalue weighted by Crippen LogP contribution is 2.59. The van der Waals surface area contributed by atoms with Gasteiger partial charge < -0.3 is 9.84 Å². The lowest BCUT2D eigenvalue weighted by molar-refractivity contribution is -0.175. The molecule has 3 nitrogen and oxygen atoms in total. The molecule has 18 heavy (non-hydrogen) atoms. The Kier molecular flexibility index (Phi) is 3.48. The van der Waals surface area contributed by atoms with Gasteiger partial charge in [0, 0.05) is 0 Å². The highest BCUT2D eigenvalue weighted by molar-refractivity contribution is 5.74. The Bertz CT molecular complexity index is 337. The molecule has 4 atom stereocenters. The topological polar surface area (TPSA) is 46.5 Å². The molecule has 2 saturated carbocycles. The van der Waals surface area contributed by atoms with Crippen molar-refractivity contribution in [3.8, 4) is 0 Å². The standard InChI is InChI=1S/C15H26O3/c1-14(2)8-5-9-15(3)11(14)7-6-10(16)12(15)13(17)18-4/h10-12,16H,5-9H2,1-4H3/t10-,11?,12+,15+/m1/s1. The number of rotatable bonds is 1. The Morgan fingerprint density at radius 1 is 1.22 bits per heavy atom. The third-order valence-corrected chi connectivity index (χ3v) is 5.58. The predicted octanol–water partition coefficient (Wildman–Crippen LogP) is 2.76. The van der Waals surface area contributed by atoms with Crippen molar-refractivity contribution in [3.05, 3.63) is 0 Å². The molecule has 2 aliphatic rings. The summed E-state index contributed by atoms with van der Waals surface area (Å²) in [6.07, 6.45) is 4.60. The number of hydrogen-bond acceptors (Lipinski definition) is 3. The van der Waals surface area contributed by atoms with E-state index in [1.54, 1.807) is 0 Å². The van der Waals surface area contributed by atoms with E-state index in [0.717, 1.165) is 25.7 Å². The Labute approximate surface area is 110 Å². The number of ether oxygens (including phenoxy) is 1. The zero-order valence-electron chi connectivity index (χ0n) is 12.0. The van der Waals surface area contributed by atoms with Gasteiger partial charge in [0.05, 0.1) is 19.1 Å². The van der Waals surface area contributed by atoms with Gasteiger partial charge in [0.2, 0.25) is 0 Å². The molecule has 0 aromatic heterocycles. The van der Waals surface area contributed by atoms with E-state index < -0.39 is 6.10 Å². The molecule has 0 aliphatic heterocycles. The van der Waals surface area contributed by atoms with E-state index in [2.05, 4.69) is 20.8 Å². The lowest BCUT2D eigenvalue weighted by Gasteiger charge is -2.57. The van der Waals surface area contributed by atoms with Crippen LogP contribution >= 0.6 is 0 Å². The molecule has 1 N–H and O–H groups in total. The van der Waals surface area contributed by atoms with Crippen molar-refractivity contribution in [2.24, 2.45) is 22.7 Å². The van der Waals surface area contributed by atoms with Crippen molar-refractivity contribution >= 4 is 5.97 Å². The summed E-state index contributed by atoms with van der Waals surface area (Å²) in [5.74, 6) is -0.0699. The van der Waals surface area contributed by atoms with Gasteiger partial charge in [0.25, 0.3) is 0 Å². The average molecular weight is 254 g/mol. The fraction of sp³-hybridized carbons (Fsp3) is 0.933. The average Bonchev–Trinajstić information content (AvgIpc) is 2.26. The molecule has 0 radical (unpaired) electrons. The molecular weight excluding hydrogens is 228 g/mol. The molecule has 0 aromatic rings. The summed E-state index contributed by atoms with van der Waals surface area (Å²) in [4.78, 5) is 12.1. The van der Waals surface area contributed by atoms with Gasteiger partial charge in [-0.05, 0) is 42.4 Å². The van der Waals surface area contributed by atoms with Gasteiger partial charge in [-0.2, -0.15) is 0 Å². The molecule has 104 valence electrons. The third-order valence-electron chi connectivity index (χ3n) is 5.58. The fourth-order valence-corrected chi connectivity index (χ4v) is 4.76. The number of fused-ring (bicyclic) bond motifs is 1. The number of carbonyl (C=O) groups excluding carboxylic acids is 1. The summed E-state index contributed by atoms with van der Waals surface area (Å²) in [6.45, 7) is 6.80. The minimum atomic E-state index is -0.535. The number of hydrogen-bond donors (Lipinski definition) is 1. The summed E-state index contributed by atoms with van der Waals surface area (Å²) in [5, 5.41) is 10.2. The number of methoxy groups -OCH3 is 1. The molecule has 2 rings (SSSR count). The minimum Gasteiger partial charge on any atom is -0.469 e. The van der Waals surface area contributed by atoms with Gasteiger partial charge in [0.1, 0.15) is 0 Å². The molecule has 1 unspecified atom stereocenters. The van der Waals surface area contributed by atoms with Crippen LogP contribution in [0.25, 0.3) is 0 Å². The van der Waals surface area contributed by atoms with Crippen LogP contribution in [0.3, 0.4) is 0 Å². The van der Waals surface area contributed by atoms with Gasteiger partial charge in [-0.3, -0.25) is 4.79 Å². The third kappa shape index (κ3) is 1.97. The SMILES string of the molecule is COC(=O)[C@@H]1[C@H](O)CCC2C(C)(C)CCC[C@@]21C. The second-order valence-electron chi connectivity index (χ2n) is 7.05. The number of aliphatic hydroxyl groups is 1. The molecule has 0 amide bonds. The highest BCUT2D eigenvalue weighted by atomic mass is 16.5. The van der Waals surface area contributed by atoms with Crippen molar-refractivity contribution in [1.29, 1.82) is 0 Å². The zero-order valence-corrected chi connectivity index (χ0v) is 12.0. The first-order chi connectivity index (χ1) is 8.33. The van der Waals surface area contributed by atoms with Crippen molar-refractivity contribution < 1.29 is 14.6 Å². The predicted molar refractivity (Wildman–Crippen MR) is 70.0 cm³/mol. The first-order valence-corrected chi connectivity index (χ1v) is 7.09. The van der Waals surface area contributed by atoms with Crippen LogP contribution in [0.15, 0.2) is 0 Å². The van der Waals surface area contributed by atoms with Crippen LogP contribution in [-0.2, 0) is 9.53 Å². The lowest BCUT2D eigenvalue weighted by Crippen LogP contribution is -2.55. The monoisotopic (exact) mass is 254 g/mol. The van der Waals surface area contributed by atoms with Crippen molar-refractivity contribution in [2.45, 2.75) is 59.0 Å². The first kappa shape index (κ1) is 13.9. The van der Waals surface area contributed by atoms with E-state index in [9.17, 15) is 9.90 Å². The molecule has 2 fully saturated rings. The minimum absolute atomic E-state index is 0.105. The van der Waals surface area contributed by atoms with Crippen molar-refractivity contribution in [2.75, 3.05) is 7.11 Å². The smallest absolute Gasteiger partial charge is 0.311 e. The molecular formula is C15H26O3. The lowest BCUT2D eigenvalue weighted by atomic mass is 9.48. The van der Waals surface area contributed by atoms with E-state index >= 15 is 0 Å². The summed E-state index contributed by atoms with van der Waals surface area (Å²) < 4.78 is 4.94. The van der Waals surface area contributed by atoms with Gasteiger partial charge in [-0.1, -0.05) is 27.2 Å². The normalized spacial score (nSPS) is 43.1. The maximum Gasteiger partial charge on any atom is 0.311 e. The summed E-state index contributed by atoms with van der Waals surface area (Å²) >= 11 is 0. The van der Waals surface area contributed by atoms with Crippen LogP contribution < -0.4 is 0 Å². The second-order valence-corrected chi connectivity index (χ2v) is 7.05. The highest BCUT2D eigenvalue weighted by Gasteiger charge is 2.57. The first-order valence-electron chi connectivity index (χ1n) is 7.09. The quantitative estimate of drug-likeness (QED) is 0.732. The molecule has 0 bridgehead atoms. The molecule has 2 aliphatic carbocycles. The van der Waals surface area contributed by atoms with Crippen LogP contribution in [0.4, 0.5) is 0 Å². The molecule has 0 spiro atoms. The molecule has 0 heterocycles. The van der Waals surface area contributed by atoms with E-state index in [-0.39, 0.29) is 22.7 Å². The van der Waals surface area contributed by atoms with Crippen LogP contribution in [0.5, 0.6) is 0 Å². The molecule has 3 heteroatoms. The largest absolute Gasteiger partial charge is 0.469 e. The Morgan fingerprint density at radius 2 is 1.89 bits per heavy atom. The fourth-order valence-electron chi connectivity index (χ4n) is 4.76. The zero-order chi connectivity index (χ0) is 13.6. The Balaban J connectivity index is 2.37. The van der Waals surface area contributed by atoms with Crippen LogP contribution in [0.2, 0.25) is 0 Å². The van der Waals surface area contributed by atoms with Gasteiger partial charge >= 0.3 is 5.97 Å².